The average Bonchev–Trinajstić information content (AvgIpc) is 2.27. The fourth-order valence-electron chi connectivity index (χ4n) is 1.65. The Balaban J connectivity index is 2.51. The van der Waals surface area contributed by atoms with Crippen LogP contribution in [0.5, 0.6) is 5.75 Å². The molecule has 0 spiro atoms. The van der Waals surface area contributed by atoms with Crippen LogP contribution >= 0.6 is 11.8 Å². The second kappa shape index (κ2) is 6.81. The highest BCUT2D eigenvalue weighted by Gasteiger charge is 2.02. The maximum atomic E-state index is 5.24. The quantitative estimate of drug-likeness (QED) is 0.825. The Morgan fingerprint density at radius 1 is 1.44 bits per heavy atom. The van der Waals surface area contributed by atoms with Crippen LogP contribution in [0.1, 0.15) is 18.1 Å². The van der Waals surface area contributed by atoms with Crippen LogP contribution in [0.3, 0.4) is 0 Å². The Labute approximate surface area is 103 Å². The number of thioether (sulfide) groups is 1. The van der Waals surface area contributed by atoms with Gasteiger partial charge in [0.25, 0.3) is 0 Å². The molecule has 3 heteroatoms. The van der Waals surface area contributed by atoms with Gasteiger partial charge in [-0.2, -0.15) is 11.8 Å². The first-order valence-corrected chi connectivity index (χ1v) is 6.92. The van der Waals surface area contributed by atoms with E-state index in [4.69, 9.17) is 4.74 Å². The summed E-state index contributed by atoms with van der Waals surface area (Å²) in [5, 5.41) is 3.50. The zero-order chi connectivity index (χ0) is 12.0. The SMILES string of the molecule is COc1ccc(CNC(C)CSC)cc1C. The third-order valence-electron chi connectivity index (χ3n) is 2.53. The largest absolute Gasteiger partial charge is 0.496 e. The van der Waals surface area contributed by atoms with Crippen molar-refractivity contribution in [3.63, 3.8) is 0 Å². The summed E-state index contributed by atoms with van der Waals surface area (Å²) in [6, 6.07) is 6.88. The maximum Gasteiger partial charge on any atom is 0.121 e. The summed E-state index contributed by atoms with van der Waals surface area (Å²) in [4.78, 5) is 0. The summed E-state index contributed by atoms with van der Waals surface area (Å²) >= 11 is 1.87. The molecule has 1 aromatic carbocycles. The van der Waals surface area contributed by atoms with Gasteiger partial charge in [0.15, 0.2) is 0 Å². The summed E-state index contributed by atoms with van der Waals surface area (Å²) < 4.78 is 5.24. The number of hydrogen-bond donors (Lipinski definition) is 1. The molecule has 90 valence electrons. The summed E-state index contributed by atoms with van der Waals surface area (Å²) in [5.74, 6) is 2.11. The lowest BCUT2D eigenvalue weighted by molar-refractivity contribution is 0.411. The number of rotatable bonds is 6. The maximum absolute atomic E-state index is 5.24. The minimum atomic E-state index is 0.553. The normalized spacial score (nSPS) is 12.5. The van der Waals surface area contributed by atoms with Crippen molar-refractivity contribution < 1.29 is 4.74 Å². The summed E-state index contributed by atoms with van der Waals surface area (Å²) in [7, 11) is 1.71. The van der Waals surface area contributed by atoms with Gasteiger partial charge in [-0.05, 0) is 37.3 Å². The summed E-state index contributed by atoms with van der Waals surface area (Å²) in [5.41, 5.74) is 2.51. The van der Waals surface area contributed by atoms with Crippen molar-refractivity contribution in [3.05, 3.63) is 29.3 Å². The van der Waals surface area contributed by atoms with E-state index in [1.54, 1.807) is 7.11 Å². The fourth-order valence-corrected chi connectivity index (χ4v) is 2.27. The zero-order valence-corrected chi connectivity index (χ0v) is 11.4. The van der Waals surface area contributed by atoms with E-state index in [2.05, 4.69) is 37.6 Å². The monoisotopic (exact) mass is 239 g/mol. The molecule has 2 nitrogen and oxygen atoms in total. The standard InChI is InChI=1S/C13H21NOS/c1-10-7-12(5-6-13(10)15-3)8-14-11(2)9-16-4/h5-7,11,14H,8-9H2,1-4H3. The molecule has 0 heterocycles. The van der Waals surface area contributed by atoms with Crippen LogP contribution in [0, 0.1) is 6.92 Å². The number of nitrogens with one attached hydrogen (secondary N) is 1. The minimum Gasteiger partial charge on any atom is -0.496 e. The van der Waals surface area contributed by atoms with Crippen molar-refractivity contribution in [2.75, 3.05) is 19.1 Å². The molecule has 1 rings (SSSR count). The molecule has 0 radical (unpaired) electrons. The molecule has 1 atom stereocenters. The van der Waals surface area contributed by atoms with Gasteiger partial charge >= 0.3 is 0 Å². The van der Waals surface area contributed by atoms with Crippen LogP contribution in [0.4, 0.5) is 0 Å². The van der Waals surface area contributed by atoms with Crippen molar-refractivity contribution >= 4 is 11.8 Å². The predicted molar refractivity (Wildman–Crippen MR) is 72.4 cm³/mol. The Kier molecular flexibility index (Phi) is 5.71. The highest BCUT2D eigenvalue weighted by molar-refractivity contribution is 7.98. The Morgan fingerprint density at radius 3 is 2.75 bits per heavy atom. The number of aryl methyl sites for hydroxylation is 1. The Bertz CT molecular complexity index is 328. The van der Waals surface area contributed by atoms with Crippen molar-refractivity contribution in [2.45, 2.75) is 26.4 Å². The van der Waals surface area contributed by atoms with Crippen molar-refractivity contribution in [1.82, 2.24) is 5.32 Å². The Morgan fingerprint density at radius 2 is 2.19 bits per heavy atom. The van der Waals surface area contributed by atoms with E-state index >= 15 is 0 Å². The van der Waals surface area contributed by atoms with Crippen molar-refractivity contribution in [1.29, 1.82) is 0 Å². The molecule has 1 N–H and O–H groups in total. The first-order valence-electron chi connectivity index (χ1n) is 5.53. The first-order chi connectivity index (χ1) is 7.67. The molecule has 0 aliphatic carbocycles. The molecule has 0 aromatic heterocycles. The average molecular weight is 239 g/mol. The van der Waals surface area contributed by atoms with E-state index in [0.29, 0.717) is 6.04 Å². The number of methoxy groups -OCH3 is 1. The van der Waals surface area contributed by atoms with Gasteiger partial charge in [0.1, 0.15) is 5.75 Å². The van der Waals surface area contributed by atoms with E-state index in [0.717, 1.165) is 18.0 Å². The van der Waals surface area contributed by atoms with Gasteiger partial charge in [-0.25, -0.2) is 0 Å². The molecule has 1 unspecified atom stereocenters. The Hall–Kier alpha value is -0.670. The molecule has 0 aliphatic heterocycles. The second-order valence-corrected chi connectivity index (χ2v) is 4.95. The fraction of sp³-hybridized carbons (Fsp3) is 0.538. The first kappa shape index (κ1) is 13.4. The minimum absolute atomic E-state index is 0.553. The van der Waals surface area contributed by atoms with Gasteiger partial charge in [-0.1, -0.05) is 12.1 Å². The molecular formula is C13H21NOS. The lowest BCUT2D eigenvalue weighted by atomic mass is 10.1. The zero-order valence-electron chi connectivity index (χ0n) is 10.5. The predicted octanol–water partition coefficient (Wildman–Crippen LogP) is 2.84. The molecule has 0 fully saturated rings. The van der Waals surface area contributed by atoms with Crippen molar-refractivity contribution in [3.8, 4) is 5.75 Å². The van der Waals surface area contributed by atoms with Gasteiger partial charge in [-0.3, -0.25) is 0 Å². The number of benzene rings is 1. The third kappa shape index (κ3) is 4.06. The second-order valence-electron chi connectivity index (χ2n) is 4.04. The van der Waals surface area contributed by atoms with Crippen LogP contribution in [0.15, 0.2) is 18.2 Å². The summed E-state index contributed by atoms with van der Waals surface area (Å²) in [6.45, 7) is 5.22. The van der Waals surface area contributed by atoms with Gasteiger partial charge < -0.3 is 10.1 Å². The molecular weight excluding hydrogens is 218 g/mol. The van der Waals surface area contributed by atoms with Gasteiger partial charge in [-0.15, -0.1) is 0 Å². The van der Waals surface area contributed by atoms with Crippen LogP contribution in [0.25, 0.3) is 0 Å². The molecule has 0 bridgehead atoms. The lowest BCUT2D eigenvalue weighted by Gasteiger charge is -2.13. The molecule has 0 amide bonds. The van der Waals surface area contributed by atoms with E-state index in [1.807, 2.05) is 17.8 Å². The molecule has 0 aliphatic rings. The van der Waals surface area contributed by atoms with E-state index in [-0.39, 0.29) is 0 Å². The highest BCUT2D eigenvalue weighted by atomic mass is 32.2. The van der Waals surface area contributed by atoms with Crippen LogP contribution < -0.4 is 10.1 Å². The van der Waals surface area contributed by atoms with Crippen LogP contribution in [-0.2, 0) is 6.54 Å². The van der Waals surface area contributed by atoms with Crippen LogP contribution in [-0.4, -0.2) is 25.2 Å². The van der Waals surface area contributed by atoms with E-state index in [1.165, 1.54) is 11.1 Å². The number of ether oxygens (including phenoxy) is 1. The molecule has 0 saturated carbocycles. The third-order valence-corrected chi connectivity index (χ3v) is 3.36. The van der Waals surface area contributed by atoms with E-state index < -0.39 is 0 Å². The topological polar surface area (TPSA) is 21.3 Å². The van der Waals surface area contributed by atoms with Gasteiger partial charge in [0.05, 0.1) is 7.11 Å². The van der Waals surface area contributed by atoms with Crippen LogP contribution in [0.2, 0.25) is 0 Å². The van der Waals surface area contributed by atoms with Gasteiger partial charge in [0.2, 0.25) is 0 Å². The smallest absolute Gasteiger partial charge is 0.121 e. The highest BCUT2D eigenvalue weighted by Crippen LogP contribution is 2.18. The van der Waals surface area contributed by atoms with Gasteiger partial charge in [0, 0.05) is 18.3 Å². The number of hydrogen-bond acceptors (Lipinski definition) is 3. The van der Waals surface area contributed by atoms with E-state index in [9.17, 15) is 0 Å². The van der Waals surface area contributed by atoms with Crippen molar-refractivity contribution in [2.24, 2.45) is 0 Å². The molecule has 16 heavy (non-hydrogen) atoms. The lowest BCUT2D eigenvalue weighted by Crippen LogP contribution is -2.27. The molecule has 0 saturated heterocycles. The summed E-state index contributed by atoms with van der Waals surface area (Å²) in [6.07, 6.45) is 2.13. The molecule has 1 aromatic rings.